The second kappa shape index (κ2) is 10.7. The smallest absolute Gasteiger partial charge is 0.167 e. The Hall–Kier alpha value is -1.00. The minimum absolute atomic E-state index is 0.210. The molecule has 0 aromatic heterocycles. The van der Waals surface area contributed by atoms with E-state index in [0.29, 0.717) is 0 Å². The van der Waals surface area contributed by atoms with Crippen LogP contribution in [0.25, 0.3) is 0 Å². The van der Waals surface area contributed by atoms with Crippen molar-refractivity contribution in [1.82, 2.24) is 10.4 Å². The lowest BCUT2D eigenvalue weighted by Crippen LogP contribution is -2.32. The lowest BCUT2D eigenvalue weighted by molar-refractivity contribution is 0.309. The summed E-state index contributed by atoms with van der Waals surface area (Å²) < 4.78 is 0. The first kappa shape index (κ1) is 19.0. The van der Waals surface area contributed by atoms with Crippen molar-refractivity contribution in [2.24, 2.45) is 4.99 Å². The monoisotopic (exact) mass is 321 g/mol. The van der Waals surface area contributed by atoms with Crippen LogP contribution in [-0.2, 0) is 0 Å². The molecule has 0 aromatic carbocycles. The molecule has 0 aromatic rings. The normalized spacial score (nSPS) is 19.4. The van der Waals surface area contributed by atoms with Gasteiger partial charge in [0.15, 0.2) is 5.50 Å². The number of nitrogens with zero attached hydrogens (tertiary/aromatic N) is 2. The maximum Gasteiger partial charge on any atom is 0.167 e. The maximum atomic E-state index is 4.35. The highest BCUT2D eigenvalue weighted by molar-refractivity contribution is 7.99. The average molecular weight is 322 g/mol. The molecular weight excluding hydrogens is 290 g/mol. The number of hydrazine groups is 1. The number of hydrogen-bond donors (Lipinski definition) is 1. The van der Waals surface area contributed by atoms with Crippen LogP contribution in [0.5, 0.6) is 0 Å². The van der Waals surface area contributed by atoms with Crippen LogP contribution in [-0.4, -0.2) is 29.6 Å². The van der Waals surface area contributed by atoms with E-state index in [-0.39, 0.29) is 5.50 Å². The Kier molecular flexibility index (Phi) is 9.25. The molecule has 1 N–H and O–H groups in total. The summed E-state index contributed by atoms with van der Waals surface area (Å²) >= 11 is 1.84. The standard InChI is InChI=1S/C18H31N3S/c1-15(2)8-6-9-16(3)10-7-11-17(4)12-13-22-18-19-14-20-21(18)5/h8,10,12,14,18H,6-7,9,11,13H2,1-5H3,(H,19,20)/b16-10+,17-12+. The molecule has 0 amide bonds. The quantitative estimate of drug-likeness (QED) is 0.612. The van der Waals surface area contributed by atoms with Crippen molar-refractivity contribution in [1.29, 1.82) is 0 Å². The third-order valence-corrected chi connectivity index (χ3v) is 4.69. The summed E-state index contributed by atoms with van der Waals surface area (Å²) in [6.07, 6.45) is 13.5. The van der Waals surface area contributed by atoms with Crippen LogP contribution in [0, 0.1) is 0 Å². The number of rotatable bonds is 9. The molecular formula is C18H31N3S. The summed E-state index contributed by atoms with van der Waals surface area (Å²) in [5.41, 5.74) is 7.67. The van der Waals surface area contributed by atoms with E-state index >= 15 is 0 Å². The molecule has 0 spiro atoms. The zero-order chi connectivity index (χ0) is 16.4. The third-order valence-electron chi connectivity index (χ3n) is 3.59. The van der Waals surface area contributed by atoms with Gasteiger partial charge in [-0.05, 0) is 53.4 Å². The van der Waals surface area contributed by atoms with E-state index in [2.05, 4.69) is 56.3 Å². The molecule has 124 valence electrons. The summed E-state index contributed by atoms with van der Waals surface area (Å²) in [5, 5.41) is 2.02. The zero-order valence-corrected chi connectivity index (χ0v) is 15.5. The zero-order valence-electron chi connectivity index (χ0n) is 14.7. The van der Waals surface area contributed by atoms with Crippen molar-refractivity contribution in [2.75, 3.05) is 12.8 Å². The van der Waals surface area contributed by atoms with Gasteiger partial charge in [-0.3, -0.25) is 0 Å². The third kappa shape index (κ3) is 8.44. The van der Waals surface area contributed by atoms with Gasteiger partial charge in [-0.1, -0.05) is 34.9 Å². The highest BCUT2D eigenvalue weighted by Crippen LogP contribution is 2.18. The van der Waals surface area contributed by atoms with Crippen LogP contribution < -0.4 is 5.43 Å². The predicted molar refractivity (Wildman–Crippen MR) is 101 cm³/mol. The number of allylic oxidation sites excluding steroid dienone is 5. The van der Waals surface area contributed by atoms with E-state index < -0.39 is 0 Å². The van der Waals surface area contributed by atoms with Crippen LogP contribution in [0.2, 0.25) is 0 Å². The van der Waals surface area contributed by atoms with Crippen molar-refractivity contribution in [3.05, 3.63) is 34.9 Å². The van der Waals surface area contributed by atoms with E-state index in [1.807, 2.05) is 23.8 Å². The Labute approximate surface area is 140 Å². The van der Waals surface area contributed by atoms with Gasteiger partial charge in [0.1, 0.15) is 0 Å². The lowest BCUT2D eigenvalue weighted by Gasteiger charge is -2.15. The molecule has 1 heterocycles. The second-order valence-corrected chi connectivity index (χ2v) is 7.23. The number of hydrogen-bond acceptors (Lipinski definition) is 4. The molecule has 1 rings (SSSR count). The average Bonchev–Trinajstić information content (AvgIpc) is 2.84. The Morgan fingerprint density at radius 2 is 1.73 bits per heavy atom. The topological polar surface area (TPSA) is 27.6 Å². The fourth-order valence-corrected chi connectivity index (χ4v) is 3.11. The molecule has 3 nitrogen and oxygen atoms in total. The molecule has 1 atom stereocenters. The highest BCUT2D eigenvalue weighted by atomic mass is 32.2. The van der Waals surface area contributed by atoms with Gasteiger partial charge in [0.05, 0.1) is 6.34 Å². The summed E-state index contributed by atoms with van der Waals surface area (Å²) in [6.45, 7) is 8.80. The van der Waals surface area contributed by atoms with Crippen molar-refractivity contribution >= 4 is 18.1 Å². The molecule has 0 saturated carbocycles. The largest absolute Gasteiger partial charge is 0.307 e. The fourth-order valence-electron chi connectivity index (χ4n) is 2.12. The Morgan fingerprint density at radius 3 is 2.32 bits per heavy atom. The van der Waals surface area contributed by atoms with Crippen molar-refractivity contribution in [3.8, 4) is 0 Å². The van der Waals surface area contributed by atoms with E-state index in [9.17, 15) is 0 Å². The first-order valence-electron chi connectivity index (χ1n) is 8.06. The van der Waals surface area contributed by atoms with Crippen molar-refractivity contribution in [3.63, 3.8) is 0 Å². The van der Waals surface area contributed by atoms with Gasteiger partial charge < -0.3 is 5.43 Å². The van der Waals surface area contributed by atoms with Crippen LogP contribution in [0.3, 0.4) is 0 Å². The van der Waals surface area contributed by atoms with Gasteiger partial charge in [-0.2, -0.15) is 5.01 Å². The van der Waals surface area contributed by atoms with E-state index in [0.717, 1.165) is 18.6 Å². The van der Waals surface area contributed by atoms with E-state index in [1.54, 1.807) is 6.34 Å². The second-order valence-electron chi connectivity index (χ2n) is 6.14. The van der Waals surface area contributed by atoms with Gasteiger partial charge in [0.25, 0.3) is 0 Å². The first-order chi connectivity index (χ1) is 10.5. The molecule has 4 heteroatoms. The van der Waals surface area contributed by atoms with Crippen molar-refractivity contribution in [2.45, 2.75) is 58.9 Å². The van der Waals surface area contributed by atoms with Gasteiger partial charge in [0.2, 0.25) is 0 Å². The molecule has 0 aliphatic carbocycles. The van der Waals surface area contributed by atoms with Crippen LogP contribution in [0.15, 0.2) is 39.9 Å². The minimum Gasteiger partial charge on any atom is -0.307 e. The Bertz CT molecular complexity index is 445. The molecule has 1 aliphatic rings. The van der Waals surface area contributed by atoms with Crippen LogP contribution >= 0.6 is 11.8 Å². The maximum absolute atomic E-state index is 4.35. The van der Waals surface area contributed by atoms with Crippen LogP contribution in [0.4, 0.5) is 0 Å². The molecule has 22 heavy (non-hydrogen) atoms. The Morgan fingerprint density at radius 1 is 1.09 bits per heavy atom. The Balaban J connectivity index is 2.18. The summed E-state index contributed by atoms with van der Waals surface area (Å²) in [7, 11) is 2.02. The minimum atomic E-state index is 0.210. The summed E-state index contributed by atoms with van der Waals surface area (Å²) in [5.74, 6) is 1.02. The van der Waals surface area contributed by atoms with E-state index in [4.69, 9.17) is 0 Å². The number of nitrogens with one attached hydrogen (secondary N) is 1. The molecule has 0 bridgehead atoms. The van der Waals surface area contributed by atoms with E-state index in [1.165, 1.54) is 29.6 Å². The van der Waals surface area contributed by atoms with Crippen LogP contribution in [0.1, 0.15) is 53.4 Å². The van der Waals surface area contributed by atoms with Gasteiger partial charge in [-0.25, -0.2) is 4.99 Å². The number of aliphatic imine (C=N–C) groups is 1. The molecule has 0 fully saturated rings. The fraction of sp³-hybridized carbons (Fsp3) is 0.611. The predicted octanol–water partition coefficient (Wildman–Crippen LogP) is 4.90. The molecule has 0 saturated heterocycles. The SMILES string of the molecule is CC(C)=CCC/C(C)=C/CC/C(C)=C/CSC1N=CNN1C. The molecule has 0 radical (unpaired) electrons. The first-order valence-corrected chi connectivity index (χ1v) is 9.11. The summed E-state index contributed by atoms with van der Waals surface area (Å²) in [6, 6.07) is 0. The molecule has 1 unspecified atom stereocenters. The number of thioether (sulfide) groups is 1. The van der Waals surface area contributed by atoms with Gasteiger partial charge in [0, 0.05) is 12.8 Å². The molecule has 1 aliphatic heterocycles. The summed E-state index contributed by atoms with van der Waals surface area (Å²) in [4.78, 5) is 4.35. The lowest BCUT2D eigenvalue weighted by atomic mass is 10.1. The van der Waals surface area contributed by atoms with Gasteiger partial charge in [-0.15, -0.1) is 11.8 Å². The van der Waals surface area contributed by atoms with Gasteiger partial charge >= 0.3 is 0 Å². The highest BCUT2D eigenvalue weighted by Gasteiger charge is 2.15. The van der Waals surface area contributed by atoms with Crippen molar-refractivity contribution < 1.29 is 0 Å².